The van der Waals surface area contributed by atoms with Gasteiger partial charge in [-0.05, 0) is 26.0 Å². The number of rotatable bonds is 3. The summed E-state index contributed by atoms with van der Waals surface area (Å²) in [5.74, 6) is -1.10. The molecule has 0 unspecified atom stereocenters. The van der Waals surface area contributed by atoms with Gasteiger partial charge in [0.15, 0.2) is 11.4 Å². The summed E-state index contributed by atoms with van der Waals surface area (Å²) in [5, 5.41) is -0.269. The molecule has 2 fully saturated rings. The Kier molecular flexibility index (Phi) is 3.81. The van der Waals surface area contributed by atoms with Gasteiger partial charge in [0, 0.05) is 0 Å². The molecule has 2 saturated heterocycles. The molecule has 2 heterocycles. The Bertz CT molecular complexity index is 532. The standard InChI is InChI=1S/C15H17BrO5/c1-14(2)20-11-12(16)18-8-15(11,21-14)9-19-13(17)10-6-4-3-5-7-10/h3-7,11-12H,8-9H2,1-2H3/t11-,12+,15-/m0/s1. The first-order valence-electron chi connectivity index (χ1n) is 6.78. The monoisotopic (exact) mass is 356 g/mol. The Morgan fingerprint density at radius 3 is 2.81 bits per heavy atom. The molecule has 2 aliphatic heterocycles. The number of carbonyl (C=O) groups is 1. The molecule has 5 nitrogen and oxygen atoms in total. The van der Waals surface area contributed by atoms with E-state index in [1.54, 1.807) is 24.3 Å². The lowest BCUT2D eigenvalue weighted by molar-refractivity contribution is -0.189. The third kappa shape index (κ3) is 2.85. The second-order valence-electron chi connectivity index (χ2n) is 5.71. The fourth-order valence-corrected chi connectivity index (χ4v) is 3.42. The van der Waals surface area contributed by atoms with Crippen molar-refractivity contribution in [2.75, 3.05) is 13.2 Å². The van der Waals surface area contributed by atoms with Gasteiger partial charge in [0.25, 0.3) is 0 Å². The highest BCUT2D eigenvalue weighted by Crippen LogP contribution is 2.45. The molecule has 0 saturated carbocycles. The van der Waals surface area contributed by atoms with Crippen LogP contribution >= 0.6 is 15.9 Å². The van der Waals surface area contributed by atoms with Crippen molar-refractivity contribution in [3.05, 3.63) is 35.9 Å². The summed E-state index contributed by atoms with van der Waals surface area (Å²) in [5.41, 5.74) is -0.250. The van der Waals surface area contributed by atoms with E-state index >= 15 is 0 Å². The number of alkyl halides is 1. The van der Waals surface area contributed by atoms with Crippen LogP contribution in [0.1, 0.15) is 24.2 Å². The molecular formula is C15H17BrO5. The topological polar surface area (TPSA) is 54.0 Å². The Morgan fingerprint density at radius 2 is 2.10 bits per heavy atom. The van der Waals surface area contributed by atoms with E-state index in [4.69, 9.17) is 18.9 Å². The lowest BCUT2D eigenvalue weighted by Gasteiger charge is -2.26. The highest BCUT2D eigenvalue weighted by molar-refractivity contribution is 9.09. The van der Waals surface area contributed by atoms with Crippen LogP contribution in [-0.2, 0) is 18.9 Å². The molecule has 3 rings (SSSR count). The zero-order valence-electron chi connectivity index (χ0n) is 11.9. The maximum Gasteiger partial charge on any atom is 0.338 e. The highest BCUT2D eigenvalue weighted by atomic mass is 79.9. The van der Waals surface area contributed by atoms with Crippen LogP contribution < -0.4 is 0 Å². The molecule has 1 aromatic carbocycles. The van der Waals surface area contributed by atoms with Crippen molar-refractivity contribution in [3.8, 4) is 0 Å². The number of fused-ring (bicyclic) bond motifs is 1. The van der Waals surface area contributed by atoms with Crippen molar-refractivity contribution in [1.29, 1.82) is 0 Å². The van der Waals surface area contributed by atoms with Crippen LogP contribution in [0, 0.1) is 0 Å². The van der Waals surface area contributed by atoms with E-state index in [-0.39, 0.29) is 23.7 Å². The predicted molar refractivity (Wildman–Crippen MR) is 78.2 cm³/mol. The van der Waals surface area contributed by atoms with Gasteiger partial charge in [-0.1, -0.05) is 34.1 Å². The van der Waals surface area contributed by atoms with Gasteiger partial charge in [0.05, 0.1) is 12.2 Å². The first kappa shape index (κ1) is 15.0. The van der Waals surface area contributed by atoms with Gasteiger partial charge >= 0.3 is 5.97 Å². The van der Waals surface area contributed by atoms with E-state index in [1.807, 2.05) is 19.9 Å². The van der Waals surface area contributed by atoms with E-state index in [2.05, 4.69) is 15.9 Å². The van der Waals surface area contributed by atoms with Gasteiger partial charge in [-0.2, -0.15) is 0 Å². The molecular weight excluding hydrogens is 340 g/mol. The van der Waals surface area contributed by atoms with Gasteiger partial charge in [-0.3, -0.25) is 0 Å². The van der Waals surface area contributed by atoms with Crippen LogP contribution in [0.3, 0.4) is 0 Å². The van der Waals surface area contributed by atoms with Crippen LogP contribution in [0.4, 0.5) is 0 Å². The Morgan fingerprint density at radius 1 is 1.38 bits per heavy atom. The number of hydrogen-bond acceptors (Lipinski definition) is 5. The molecule has 0 amide bonds. The molecule has 1 aromatic rings. The fraction of sp³-hybridized carbons (Fsp3) is 0.533. The summed E-state index contributed by atoms with van der Waals surface area (Å²) in [6.45, 7) is 4.09. The number of esters is 1. The fourth-order valence-electron chi connectivity index (χ4n) is 2.70. The minimum Gasteiger partial charge on any atom is -0.459 e. The molecule has 0 bridgehead atoms. The summed E-state index contributed by atoms with van der Waals surface area (Å²) in [6, 6.07) is 8.87. The molecule has 114 valence electrons. The highest BCUT2D eigenvalue weighted by Gasteiger charge is 2.61. The largest absolute Gasteiger partial charge is 0.459 e. The molecule has 0 aliphatic carbocycles. The zero-order chi connectivity index (χ0) is 15.1. The number of halogens is 1. The lowest BCUT2D eigenvalue weighted by atomic mass is 10.0. The van der Waals surface area contributed by atoms with Crippen LogP contribution in [0.2, 0.25) is 0 Å². The summed E-state index contributed by atoms with van der Waals surface area (Å²) in [7, 11) is 0. The number of hydrogen-bond donors (Lipinski definition) is 0. The van der Waals surface area contributed by atoms with Crippen LogP contribution in [0.25, 0.3) is 0 Å². The quantitative estimate of drug-likeness (QED) is 0.615. The lowest BCUT2D eigenvalue weighted by Crippen LogP contribution is -2.45. The smallest absolute Gasteiger partial charge is 0.338 e. The van der Waals surface area contributed by atoms with E-state index < -0.39 is 11.4 Å². The Labute approximate surface area is 131 Å². The van der Waals surface area contributed by atoms with Gasteiger partial charge < -0.3 is 18.9 Å². The van der Waals surface area contributed by atoms with Crippen molar-refractivity contribution in [2.45, 2.75) is 36.4 Å². The maximum atomic E-state index is 12.1. The molecule has 0 N–H and O–H groups in total. The van der Waals surface area contributed by atoms with Crippen LogP contribution in [0.5, 0.6) is 0 Å². The van der Waals surface area contributed by atoms with Crippen molar-refractivity contribution in [1.82, 2.24) is 0 Å². The second-order valence-corrected chi connectivity index (χ2v) is 6.61. The van der Waals surface area contributed by atoms with E-state index in [0.717, 1.165) is 0 Å². The minimum absolute atomic E-state index is 0.0942. The van der Waals surface area contributed by atoms with Crippen molar-refractivity contribution < 1.29 is 23.7 Å². The Hall–Kier alpha value is -0.950. The summed E-state index contributed by atoms with van der Waals surface area (Å²) < 4.78 is 22.7. The van der Waals surface area contributed by atoms with E-state index in [1.165, 1.54) is 0 Å². The molecule has 3 atom stereocenters. The average Bonchev–Trinajstić information content (AvgIpc) is 2.90. The normalized spacial score (nSPS) is 33.7. The van der Waals surface area contributed by atoms with Gasteiger partial charge in [0.1, 0.15) is 17.7 Å². The first-order chi connectivity index (χ1) is 9.92. The van der Waals surface area contributed by atoms with Crippen molar-refractivity contribution in [3.63, 3.8) is 0 Å². The predicted octanol–water partition coefficient (Wildman–Crippen LogP) is 2.48. The van der Waals surface area contributed by atoms with E-state index in [0.29, 0.717) is 12.2 Å². The first-order valence-corrected chi connectivity index (χ1v) is 7.69. The average molecular weight is 357 g/mol. The number of ether oxygens (including phenoxy) is 4. The molecule has 21 heavy (non-hydrogen) atoms. The molecule has 0 aromatic heterocycles. The van der Waals surface area contributed by atoms with Gasteiger partial charge in [-0.15, -0.1) is 0 Å². The van der Waals surface area contributed by atoms with Crippen LogP contribution in [0.15, 0.2) is 30.3 Å². The summed E-state index contributed by atoms with van der Waals surface area (Å²) >= 11 is 3.42. The second kappa shape index (κ2) is 5.35. The molecule has 2 aliphatic rings. The maximum absolute atomic E-state index is 12.1. The van der Waals surface area contributed by atoms with Crippen LogP contribution in [-0.4, -0.2) is 41.7 Å². The van der Waals surface area contributed by atoms with Crippen molar-refractivity contribution in [2.24, 2.45) is 0 Å². The number of benzene rings is 1. The number of carbonyl (C=O) groups excluding carboxylic acids is 1. The van der Waals surface area contributed by atoms with E-state index in [9.17, 15) is 4.79 Å². The van der Waals surface area contributed by atoms with Gasteiger partial charge in [0.2, 0.25) is 0 Å². The molecule has 0 radical (unpaired) electrons. The summed E-state index contributed by atoms with van der Waals surface area (Å²) in [6.07, 6.45) is -0.309. The molecule has 0 spiro atoms. The third-order valence-corrected chi connectivity index (χ3v) is 4.30. The minimum atomic E-state index is -0.762. The molecule has 6 heteroatoms. The third-order valence-electron chi connectivity index (χ3n) is 3.56. The SMILES string of the molecule is CC1(C)O[C@H]2[C@H](Br)OC[C@@]2(COC(=O)c2ccccc2)O1. The Balaban J connectivity index is 1.70. The van der Waals surface area contributed by atoms with Crippen molar-refractivity contribution >= 4 is 21.9 Å². The zero-order valence-corrected chi connectivity index (χ0v) is 13.5. The van der Waals surface area contributed by atoms with Gasteiger partial charge in [-0.25, -0.2) is 4.79 Å². The summed E-state index contributed by atoms with van der Waals surface area (Å²) in [4.78, 5) is 12.1.